The lowest BCUT2D eigenvalue weighted by Gasteiger charge is -2.27. The fourth-order valence-corrected chi connectivity index (χ4v) is 4.16. The molecule has 1 aliphatic rings. The van der Waals surface area contributed by atoms with Gasteiger partial charge in [0, 0.05) is 28.4 Å². The number of aromatic amines is 1. The zero-order valence-electron chi connectivity index (χ0n) is 17.2. The van der Waals surface area contributed by atoms with Crippen molar-refractivity contribution in [3.63, 3.8) is 0 Å². The molecule has 1 atom stereocenters. The lowest BCUT2D eigenvalue weighted by Crippen LogP contribution is -2.29. The number of aromatic nitrogens is 2. The van der Waals surface area contributed by atoms with E-state index in [4.69, 9.17) is 9.47 Å². The maximum atomic E-state index is 13.5. The maximum absolute atomic E-state index is 13.5. The van der Waals surface area contributed by atoms with Gasteiger partial charge in [-0.15, -0.1) is 0 Å². The highest BCUT2D eigenvalue weighted by atomic mass is 16.5. The molecule has 0 bridgehead atoms. The van der Waals surface area contributed by atoms with E-state index in [0.717, 1.165) is 28.1 Å². The number of amides is 1. The molecule has 0 aliphatic carbocycles. The SMILES string of the molecule is COc1ccc(C2c3c(-c4ccccc4)n[nH]c3C(=O)N2c2ccccc2)c(OC)c1. The van der Waals surface area contributed by atoms with Gasteiger partial charge in [0.25, 0.3) is 5.91 Å². The summed E-state index contributed by atoms with van der Waals surface area (Å²) in [5.41, 5.74) is 4.69. The molecule has 3 aromatic carbocycles. The van der Waals surface area contributed by atoms with Gasteiger partial charge >= 0.3 is 0 Å². The number of ether oxygens (including phenoxy) is 2. The molecule has 1 aromatic heterocycles. The minimum absolute atomic E-state index is 0.126. The lowest BCUT2D eigenvalue weighted by molar-refractivity contribution is 0.0988. The van der Waals surface area contributed by atoms with Crippen molar-refractivity contribution in [3.8, 4) is 22.8 Å². The van der Waals surface area contributed by atoms with Crippen LogP contribution in [0.4, 0.5) is 5.69 Å². The average molecular weight is 411 g/mol. The van der Waals surface area contributed by atoms with Crippen LogP contribution in [0.3, 0.4) is 0 Å². The van der Waals surface area contributed by atoms with Crippen LogP contribution in [0.1, 0.15) is 27.7 Å². The lowest BCUT2D eigenvalue weighted by atomic mass is 9.95. The van der Waals surface area contributed by atoms with Gasteiger partial charge in [0.2, 0.25) is 0 Å². The molecule has 1 N–H and O–H groups in total. The number of para-hydroxylation sites is 1. The molecule has 5 rings (SSSR count). The zero-order chi connectivity index (χ0) is 21.4. The number of hydrogen-bond acceptors (Lipinski definition) is 4. The van der Waals surface area contributed by atoms with E-state index in [2.05, 4.69) is 10.2 Å². The summed E-state index contributed by atoms with van der Waals surface area (Å²) in [5, 5.41) is 7.50. The first-order valence-corrected chi connectivity index (χ1v) is 9.97. The van der Waals surface area contributed by atoms with E-state index in [-0.39, 0.29) is 5.91 Å². The van der Waals surface area contributed by atoms with Crippen LogP contribution in [0.15, 0.2) is 78.9 Å². The van der Waals surface area contributed by atoms with Crippen LogP contribution in [0.25, 0.3) is 11.3 Å². The summed E-state index contributed by atoms with van der Waals surface area (Å²) in [7, 11) is 3.24. The summed E-state index contributed by atoms with van der Waals surface area (Å²) >= 11 is 0. The Bertz CT molecular complexity index is 1240. The Morgan fingerprint density at radius 3 is 2.29 bits per heavy atom. The normalized spacial score (nSPS) is 15.1. The first kappa shape index (κ1) is 18.9. The Morgan fingerprint density at radius 1 is 0.903 bits per heavy atom. The van der Waals surface area contributed by atoms with Crippen LogP contribution in [0.2, 0.25) is 0 Å². The molecule has 1 amide bonds. The molecule has 0 radical (unpaired) electrons. The zero-order valence-corrected chi connectivity index (χ0v) is 17.2. The summed E-state index contributed by atoms with van der Waals surface area (Å²) in [4.78, 5) is 15.3. The molecule has 0 spiro atoms. The summed E-state index contributed by atoms with van der Waals surface area (Å²) < 4.78 is 11.1. The number of H-pyrrole nitrogens is 1. The van der Waals surface area contributed by atoms with Crippen LogP contribution < -0.4 is 14.4 Å². The molecule has 1 unspecified atom stereocenters. The fraction of sp³-hybridized carbons (Fsp3) is 0.120. The molecular formula is C25H21N3O3. The smallest absolute Gasteiger partial charge is 0.277 e. The predicted molar refractivity (Wildman–Crippen MR) is 119 cm³/mol. The van der Waals surface area contributed by atoms with Crippen molar-refractivity contribution in [2.24, 2.45) is 0 Å². The van der Waals surface area contributed by atoms with Gasteiger partial charge in [0.15, 0.2) is 0 Å². The van der Waals surface area contributed by atoms with Crippen LogP contribution >= 0.6 is 0 Å². The minimum Gasteiger partial charge on any atom is -0.497 e. The third kappa shape index (κ3) is 3.04. The van der Waals surface area contributed by atoms with Gasteiger partial charge < -0.3 is 9.47 Å². The quantitative estimate of drug-likeness (QED) is 0.510. The third-order valence-electron chi connectivity index (χ3n) is 5.59. The van der Waals surface area contributed by atoms with E-state index >= 15 is 0 Å². The summed E-state index contributed by atoms with van der Waals surface area (Å²) in [6.07, 6.45) is 0. The van der Waals surface area contributed by atoms with Gasteiger partial charge in [-0.25, -0.2) is 0 Å². The van der Waals surface area contributed by atoms with E-state index in [0.29, 0.717) is 17.2 Å². The largest absolute Gasteiger partial charge is 0.497 e. The van der Waals surface area contributed by atoms with E-state index in [1.165, 1.54) is 0 Å². The molecule has 1 aliphatic heterocycles. The van der Waals surface area contributed by atoms with Crippen LogP contribution in [-0.2, 0) is 0 Å². The Labute approximate surface area is 180 Å². The highest BCUT2D eigenvalue weighted by Gasteiger charge is 2.44. The molecule has 2 heterocycles. The van der Waals surface area contributed by atoms with Crippen molar-refractivity contribution >= 4 is 11.6 Å². The number of anilines is 1. The van der Waals surface area contributed by atoms with Crippen molar-refractivity contribution in [1.29, 1.82) is 0 Å². The minimum atomic E-state index is -0.403. The monoisotopic (exact) mass is 411 g/mol. The van der Waals surface area contributed by atoms with Crippen LogP contribution in [-0.4, -0.2) is 30.3 Å². The number of carbonyl (C=O) groups excluding carboxylic acids is 1. The van der Waals surface area contributed by atoms with Crippen molar-refractivity contribution in [3.05, 3.63) is 95.7 Å². The Balaban J connectivity index is 1.76. The van der Waals surface area contributed by atoms with Crippen molar-refractivity contribution < 1.29 is 14.3 Å². The van der Waals surface area contributed by atoms with Gasteiger partial charge in [-0.3, -0.25) is 14.8 Å². The van der Waals surface area contributed by atoms with Crippen molar-refractivity contribution in [1.82, 2.24) is 10.2 Å². The molecule has 0 saturated carbocycles. The molecule has 154 valence electrons. The van der Waals surface area contributed by atoms with Crippen LogP contribution in [0.5, 0.6) is 11.5 Å². The Kier molecular flexibility index (Phi) is 4.67. The second kappa shape index (κ2) is 7.65. The first-order valence-electron chi connectivity index (χ1n) is 9.97. The van der Waals surface area contributed by atoms with Gasteiger partial charge in [0.05, 0.1) is 26.0 Å². The fourth-order valence-electron chi connectivity index (χ4n) is 4.16. The number of nitrogens with one attached hydrogen (secondary N) is 1. The Morgan fingerprint density at radius 2 is 1.61 bits per heavy atom. The number of nitrogens with zero attached hydrogens (tertiary/aromatic N) is 2. The molecule has 4 aromatic rings. The molecule has 6 nitrogen and oxygen atoms in total. The maximum Gasteiger partial charge on any atom is 0.277 e. The third-order valence-corrected chi connectivity index (χ3v) is 5.59. The summed E-state index contributed by atoms with van der Waals surface area (Å²) in [6, 6.07) is 24.8. The average Bonchev–Trinajstić information content (AvgIpc) is 3.38. The standard InChI is InChI=1S/C25H21N3O3/c1-30-18-13-14-19(20(15-18)31-2)24-21-22(16-9-5-3-6-10-16)26-27-23(21)25(29)28(24)17-11-7-4-8-12-17/h3-15,24H,1-2H3,(H,26,27). The number of rotatable bonds is 5. The highest BCUT2D eigenvalue weighted by Crippen LogP contribution is 2.47. The van der Waals surface area contributed by atoms with Gasteiger partial charge in [-0.05, 0) is 24.3 Å². The molecule has 31 heavy (non-hydrogen) atoms. The van der Waals surface area contributed by atoms with E-state index in [1.807, 2.05) is 78.9 Å². The molecular weight excluding hydrogens is 390 g/mol. The van der Waals surface area contributed by atoms with Crippen LogP contribution in [0, 0.1) is 0 Å². The summed E-state index contributed by atoms with van der Waals surface area (Å²) in [6.45, 7) is 0. The van der Waals surface area contributed by atoms with E-state index < -0.39 is 6.04 Å². The number of carbonyl (C=O) groups is 1. The van der Waals surface area contributed by atoms with E-state index in [1.54, 1.807) is 19.1 Å². The van der Waals surface area contributed by atoms with Crippen molar-refractivity contribution in [2.45, 2.75) is 6.04 Å². The molecule has 0 fully saturated rings. The second-order valence-electron chi connectivity index (χ2n) is 7.25. The van der Waals surface area contributed by atoms with Gasteiger partial charge in [-0.1, -0.05) is 48.5 Å². The van der Waals surface area contributed by atoms with Crippen molar-refractivity contribution in [2.75, 3.05) is 19.1 Å². The Hall–Kier alpha value is -4.06. The number of hydrogen-bond donors (Lipinski definition) is 1. The second-order valence-corrected chi connectivity index (χ2v) is 7.25. The summed E-state index contributed by atoms with van der Waals surface area (Å²) in [5.74, 6) is 1.21. The first-order chi connectivity index (χ1) is 15.2. The molecule has 0 saturated heterocycles. The van der Waals surface area contributed by atoms with E-state index in [9.17, 15) is 4.79 Å². The van der Waals surface area contributed by atoms with Gasteiger partial charge in [0.1, 0.15) is 17.2 Å². The number of fused-ring (bicyclic) bond motifs is 1. The molecule has 6 heteroatoms. The topological polar surface area (TPSA) is 67.5 Å². The number of benzene rings is 3. The predicted octanol–water partition coefficient (Wildman–Crippen LogP) is 4.84. The highest BCUT2D eigenvalue weighted by molar-refractivity contribution is 6.11. The van der Waals surface area contributed by atoms with Gasteiger partial charge in [-0.2, -0.15) is 5.10 Å². The number of methoxy groups -OCH3 is 2.